The Labute approximate surface area is 149 Å². The molecule has 1 aliphatic rings. The van der Waals surface area contributed by atoms with E-state index < -0.39 is 0 Å². The summed E-state index contributed by atoms with van der Waals surface area (Å²) in [6.45, 7) is 0. The molecule has 24 heavy (non-hydrogen) atoms. The smallest absolute Gasteiger partial charge is 0.270 e. The molecule has 0 saturated carbocycles. The Morgan fingerprint density at radius 3 is 2.62 bits per heavy atom. The highest BCUT2D eigenvalue weighted by molar-refractivity contribution is 7.80. The van der Waals surface area contributed by atoms with Crippen LogP contribution < -0.4 is 14.4 Å². The molecule has 3 rings (SSSR count). The average Bonchev–Trinajstić information content (AvgIpc) is 2.61. The van der Waals surface area contributed by atoms with Crippen molar-refractivity contribution < 1.29 is 9.47 Å². The molecule has 0 N–H and O–H groups in total. The van der Waals surface area contributed by atoms with Gasteiger partial charge in [0.25, 0.3) is 5.17 Å². The predicted molar refractivity (Wildman–Crippen MR) is 102 cm³/mol. The first-order chi connectivity index (χ1) is 11.2. The first-order valence-corrected chi connectivity index (χ1v) is 8.16. The Kier molecular flexibility index (Phi) is 6.15. The van der Waals surface area contributed by atoms with Crippen LogP contribution in [0.4, 0.5) is 5.82 Å². The van der Waals surface area contributed by atoms with Crippen LogP contribution >= 0.6 is 12.2 Å². The number of anilines is 1. The van der Waals surface area contributed by atoms with Gasteiger partial charge in [0.2, 0.25) is 5.88 Å². The van der Waals surface area contributed by atoms with Gasteiger partial charge in [0.15, 0.2) is 0 Å². The number of fused-ring (bicyclic) bond motifs is 1. The Hall–Kier alpha value is -2.14. The molecule has 0 radical (unpaired) electrons. The first kappa shape index (κ1) is 18.2. The van der Waals surface area contributed by atoms with E-state index in [0.29, 0.717) is 16.9 Å². The topological polar surface area (TPSA) is 34.6 Å². The summed E-state index contributed by atoms with van der Waals surface area (Å²) in [6, 6.07) is 11.8. The number of ether oxygens (including phenoxy) is 2. The number of benzene rings is 1. The SMILES string of the molecule is C.COc1cccc(N(C)C(=S)Oc2ccc3c(c2)CCCC3)n1. The van der Waals surface area contributed by atoms with Crippen LogP contribution in [-0.2, 0) is 12.8 Å². The number of aromatic nitrogens is 1. The van der Waals surface area contributed by atoms with Crippen molar-refractivity contribution in [2.24, 2.45) is 0 Å². The molecule has 128 valence electrons. The van der Waals surface area contributed by atoms with Gasteiger partial charge in [-0.15, -0.1) is 0 Å². The van der Waals surface area contributed by atoms with Crippen LogP contribution in [0.15, 0.2) is 36.4 Å². The van der Waals surface area contributed by atoms with Gasteiger partial charge in [-0.1, -0.05) is 19.6 Å². The Bertz CT molecular complexity index is 718. The maximum absolute atomic E-state index is 5.85. The minimum atomic E-state index is 0. The minimum Gasteiger partial charge on any atom is -0.481 e. The highest BCUT2D eigenvalue weighted by Crippen LogP contribution is 2.26. The van der Waals surface area contributed by atoms with E-state index in [1.54, 1.807) is 18.1 Å². The van der Waals surface area contributed by atoms with Crippen molar-refractivity contribution in [3.8, 4) is 11.6 Å². The summed E-state index contributed by atoms with van der Waals surface area (Å²) in [7, 11) is 3.43. The first-order valence-electron chi connectivity index (χ1n) is 7.76. The Morgan fingerprint density at radius 2 is 1.88 bits per heavy atom. The van der Waals surface area contributed by atoms with Crippen LogP contribution in [0.3, 0.4) is 0 Å². The van der Waals surface area contributed by atoms with Crippen molar-refractivity contribution in [1.82, 2.24) is 4.98 Å². The van der Waals surface area contributed by atoms with E-state index in [1.807, 2.05) is 25.2 Å². The molecule has 0 aliphatic heterocycles. The van der Waals surface area contributed by atoms with E-state index in [9.17, 15) is 0 Å². The molecule has 0 spiro atoms. The standard InChI is InChI=1S/C18H20N2O2S.CH4/c1-20(16-8-5-9-17(19-16)21-2)18(23)22-15-11-10-13-6-3-4-7-14(13)12-15;/h5,8-12H,3-4,6-7H2,1-2H3;1H4. The normalized spacial score (nSPS) is 12.6. The van der Waals surface area contributed by atoms with Crippen molar-refractivity contribution in [2.75, 3.05) is 19.1 Å². The number of hydrogen-bond acceptors (Lipinski definition) is 4. The van der Waals surface area contributed by atoms with E-state index >= 15 is 0 Å². The molecular weight excluding hydrogens is 320 g/mol. The molecule has 0 amide bonds. The quantitative estimate of drug-likeness (QED) is 0.771. The lowest BCUT2D eigenvalue weighted by Gasteiger charge is -2.21. The molecule has 0 bridgehead atoms. The molecule has 1 aromatic heterocycles. The third kappa shape index (κ3) is 4.03. The molecule has 1 heterocycles. The second kappa shape index (κ2) is 8.11. The van der Waals surface area contributed by atoms with Gasteiger partial charge < -0.3 is 9.47 Å². The molecule has 0 fully saturated rings. The van der Waals surface area contributed by atoms with Crippen LogP contribution in [0.2, 0.25) is 0 Å². The lowest BCUT2D eigenvalue weighted by molar-refractivity contribution is 0.398. The fourth-order valence-electron chi connectivity index (χ4n) is 2.74. The molecule has 0 saturated heterocycles. The van der Waals surface area contributed by atoms with Crippen molar-refractivity contribution in [3.63, 3.8) is 0 Å². The lowest BCUT2D eigenvalue weighted by Crippen LogP contribution is -2.30. The lowest BCUT2D eigenvalue weighted by atomic mass is 9.92. The number of nitrogens with zero attached hydrogens (tertiary/aromatic N) is 2. The van der Waals surface area contributed by atoms with Crippen LogP contribution in [0.5, 0.6) is 11.6 Å². The summed E-state index contributed by atoms with van der Waals surface area (Å²) < 4.78 is 11.0. The minimum absolute atomic E-state index is 0. The van der Waals surface area contributed by atoms with Crippen molar-refractivity contribution >= 4 is 23.2 Å². The number of rotatable bonds is 3. The van der Waals surface area contributed by atoms with Crippen molar-refractivity contribution in [2.45, 2.75) is 33.1 Å². The van der Waals surface area contributed by atoms with E-state index in [2.05, 4.69) is 17.1 Å². The van der Waals surface area contributed by atoms with Crippen LogP contribution in [0.25, 0.3) is 0 Å². The van der Waals surface area contributed by atoms with E-state index in [-0.39, 0.29) is 7.43 Å². The summed E-state index contributed by atoms with van der Waals surface area (Å²) in [5.74, 6) is 2.02. The molecular formula is C19H24N2O2S. The van der Waals surface area contributed by atoms with Gasteiger partial charge in [-0.05, 0) is 67.2 Å². The summed E-state index contributed by atoms with van der Waals surface area (Å²) in [6.07, 6.45) is 4.80. The largest absolute Gasteiger partial charge is 0.481 e. The third-order valence-electron chi connectivity index (χ3n) is 4.06. The summed E-state index contributed by atoms with van der Waals surface area (Å²) in [5.41, 5.74) is 2.80. The molecule has 0 atom stereocenters. The average molecular weight is 344 g/mol. The maximum atomic E-state index is 5.85. The number of thiocarbonyl (C=S) groups is 1. The highest BCUT2D eigenvalue weighted by atomic mass is 32.1. The second-order valence-electron chi connectivity index (χ2n) is 5.60. The summed E-state index contributed by atoms with van der Waals surface area (Å²) in [5, 5.41) is 0.363. The summed E-state index contributed by atoms with van der Waals surface area (Å²) >= 11 is 5.40. The Balaban J connectivity index is 0.00000208. The molecule has 1 aromatic carbocycles. The van der Waals surface area contributed by atoms with Gasteiger partial charge in [-0.2, -0.15) is 4.98 Å². The Morgan fingerprint density at radius 1 is 1.12 bits per heavy atom. The number of pyridine rings is 1. The molecule has 1 aliphatic carbocycles. The van der Waals surface area contributed by atoms with E-state index in [4.69, 9.17) is 21.7 Å². The van der Waals surface area contributed by atoms with Gasteiger partial charge in [-0.3, -0.25) is 4.90 Å². The molecule has 0 unspecified atom stereocenters. The third-order valence-corrected chi connectivity index (χ3v) is 4.42. The van der Waals surface area contributed by atoms with Crippen LogP contribution in [0.1, 0.15) is 31.4 Å². The van der Waals surface area contributed by atoms with Gasteiger partial charge in [0, 0.05) is 13.1 Å². The van der Waals surface area contributed by atoms with E-state index in [0.717, 1.165) is 18.6 Å². The fourth-order valence-corrected chi connectivity index (χ4v) is 2.93. The number of hydrogen-bond donors (Lipinski definition) is 0. The van der Waals surface area contributed by atoms with Crippen LogP contribution in [-0.4, -0.2) is 24.3 Å². The zero-order valence-corrected chi connectivity index (χ0v) is 14.2. The molecule has 2 aromatic rings. The van der Waals surface area contributed by atoms with E-state index in [1.165, 1.54) is 24.0 Å². The van der Waals surface area contributed by atoms with Crippen LogP contribution in [0, 0.1) is 0 Å². The van der Waals surface area contributed by atoms with Crippen molar-refractivity contribution in [3.05, 3.63) is 47.5 Å². The predicted octanol–water partition coefficient (Wildman–Crippen LogP) is 4.41. The van der Waals surface area contributed by atoms with Crippen molar-refractivity contribution in [1.29, 1.82) is 0 Å². The number of methoxy groups -OCH3 is 1. The molecule has 5 heteroatoms. The zero-order valence-electron chi connectivity index (χ0n) is 13.4. The summed E-state index contributed by atoms with van der Waals surface area (Å²) in [4.78, 5) is 6.09. The van der Waals surface area contributed by atoms with Gasteiger partial charge in [-0.25, -0.2) is 0 Å². The maximum Gasteiger partial charge on any atom is 0.270 e. The molecule has 4 nitrogen and oxygen atoms in total. The monoisotopic (exact) mass is 344 g/mol. The zero-order chi connectivity index (χ0) is 16.2. The van der Waals surface area contributed by atoms with Gasteiger partial charge in [0.05, 0.1) is 7.11 Å². The highest BCUT2D eigenvalue weighted by Gasteiger charge is 2.14. The second-order valence-corrected chi connectivity index (χ2v) is 5.95. The number of aryl methyl sites for hydroxylation is 2. The fraction of sp³-hybridized carbons (Fsp3) is 0.368. The van der Waals surface area contributed by atoms with Gasteiger partial charge >= 0.3 is 0 Å². The van der Waals surface area contributed by atoms with Gasteiger partial charge in [0.1, 0.15) is 11.6 Å².